The molecule has 466 valence electrons. The molecular weight excluding hydrogens is 1130 g/mol. The maximum absolute atomic E-state index is 14.7. The molecule has 2 aromatic carbocycles. The van der Waals surface area contributed by atoms with Gasteiger partial charge in [-0.1, -0.05) is 26.0 Å². The van der Waals surface area contributed by atoms with Gasteiger partial charge in [0.2, 0.25) is 5.91 Å². The van der Waals surface area contributed by atoms with E-state index in [1.165, 1.54) is 18.5 Å². The monoisotopic (exact) mass is 1210 g/mol. The summed E-state index contributed by atoms with van der Waals surface area (Å²) in [5.41, 5.74) is 5.10. The van der Waals surface area contributed by atoms with E-state index >= 15 is 0 Å². The molecule has 22 nitrogen and oxygen atoms in total. The summed E-state index contributed by atoms with van der Waals surface area (Å²) in [6.07, 6.45) is 7.34. The molecule has 3 fully saturated rings. The summed E-state index contributed by atoms with van der Waals surface area (Å²) >= 11 is 0. The van der Waals surface area contributed by atoms with Gasteiger partial charge < -0.3 is 34.4 Å². The van der Waals surface area contributed by atoms with E-state index < -0.39 is 20.2 Å². The summed E-state index contributed by atoms with van der Waals surface area (Å²) in [4.78, 5) is 80.2. The van der Waals surface area contributed by atoms with Crippen molar-refractivity contribution in [3.63, 3.8) is 0 Å². The Hall–Kier alpha value is -7.41. The summed E-state index contributed by atoms with van der Waals surface area (Å²) in [6, 6.07) is 11.3. The van der Waals surface area contributed by atoms with Gasteiger partial charge in [0.15, 0.2) is 15.7 Å². The number of H-pyrrole nitrogens is 1. The maximum Gasteiger partial charge on any atom is 0.410 e. The number of nitrogens with zero attached hydrogens (tertiary/aromatic N) is 13. The van der Waals surface area contributed by atoms with E-state index in [-0.39, 0.29) is 70.1 Å². The number of sulfone groups is 1. The third-order valence-electron chi connectivity index (χ3n) is 17.2. The lowest BCUT2D eigenvalue weighted by molar-refractivity contribution is -0.121. The molecule has 4 aromatic heterocycles. The van der Waals surface area contributed by atoms with Gasteiger partial charge in [0.1, 0.15) is 45.7 Å². The van der Waals surface area contributed by atoms with E-state index in [1.807, 2.05) is 63.6 Å². The number of nitrogens with one attached hydrogen (secondary N) is 2. The van der Waals surface area contributed by atoms with Gasteiger partial charge in [-0.3, -0.25) is 34.4 Å². The average molecular weight is 1210 g/mol. The molecule has 0 aliphatic carbocycles. The van der Waals surface area contributed by atoms with Crippen LogP contribution < -0.4 is 19.9 Å². The first kappa shape index (κ1) is 62.6. The van der Waals surface area contributed by atoms with Gasteiger partial charge in [-0.05, 0) is 117 Å². The lowest BCUT2D eigenvalue weighted by Gasteiger charge is -2.48. The van der Waals surface area contributed by atoms with Crippen molar-refractivity contribution < 1.29 is 36.7 Å². The number of rotatable bonds is 16. The van der Waals surface area contributed by atoms with Gasteiger partial charge in [-0.25, -0.2) is 37.5 Å². The third kappa shape index (κ3) is 14.0. The van der Waals surface area contributed by atoms with E-state index in [0.29, 0.717) is 107 Å². The molecular formula is C63H84FN15O7S. The number of aromatic nitrogens is 7. The van der Waals surface area contributed by atoms with E-state index in [4.69, 9.17) is 19.4 Å². The van der Waals surface area contributed by atoms with Crippen LogP contribution >= 0.6 is 0 Å². The second kappa shape index (κ2) is 25.0. The number of fused-ring (bicyclic) bond motifs is 2. The van der Waals surface area contributed by atoms with Gasteiger partial charge in [0, 0.05) is 131 Å². The Balaban J connectivity index is 0.728. The summed E-state index contributed by atoms with van der Waals surface area (Å²) in [6.45, 7) is 30.2. The lowest BCUT2D eigenvalue weighted by atomic mass is 9.91. The van der Waals surface area contributed by atoms with Crippen LogP contribution in [0.15, 0.2) is 72.3 Å². The molecule has 3 atom stereocenters. The highest BCUT2D eigenvalue weighted by molar-refractivity contribution is 7.92. The third-order valence-corrected chi connectivity index (χ3v) is 19.7. The van der Waals surface area contributed by atoms with Gasteiger partial charge >= 0.3 is 6.09 Å². The number of carbonyl (C=O) groups excluding carboxylic acids is 3. The molecule has 4 aliphatic rings. The molecule has 0 spiro atoms. The van der Waals surface area contributed by atoms with Crippen molar-refractivity contribution in [1.29, 1.82) is 0 Å². The topological polar surface area (TPSA) is 232 Å². The molecule has 87 heavy (non-hydrogen) atoms. The van der Waals surface area contributed by atoms with Crippen LogP contribution in [0.25, 0.3) is 10.9 Å². The Labute approximate surface area is 510 Å². The van der Waals surface area contributed by atoms with Crippen LogP contribution in [0.4, 0.5) is 32.3 Å². The second-order valence-corrected chi connectivity index (χ2v) is 29.1. The van der Waals surface area contributed by atoms with E-state index in [1.54, 1.807) is 62.3 Å². The van der Waals surface area contributed by atoms with Crippen LogP contribution in [0.5, 0.6) is 5.75 Å². The average Bonchev–Trinajstić information content (AvgIpc) is 1.91. The highest BCUT2D eigenvalue weighted by Crippen LogP contribution is 2.41. The van der Waals surface area contributed by atoms with Crippen molar-refractivity contribution in [3.05, 3.63) is 107 Å². The molecule has 6 aromatic rings. The Kier molecular flexibility index (Phi) is 18.0. The molecule has 0 bridgehead atoms. The Morgan fingerprint density at radius 2 is 1.56 bits per heavy atom. The number of piperazine rings is 3. The van der Waals surface area contributed by atoms with Crippen LogP contribution in [0.1, 0.15) is 114 Å². The molecule has 3 amide bonds. The van der Waals surface area contributed by atoms with Crippen LogP contribution in [0.3, 0.4) is 0 Å². The molecule has 0 radical (unpaired) electrons. The molecule has 0 saturated carbocycles. The number of benzene rings is 2. The number of amides is 3. The molecule has 2 N–H and O–H groups in total. The van der Waals surface area contributed by atoms with Gasteiger partial charge in [-0.2, -0.15) is 5.10 Å². The normalized spacial score (nSPS) is 19.8. The number of hydrogen-bond donors (Lipinski definition) is 2. The zero-order valence-corrected chi connectivity index (χ0v) is 53.2. The van der Waals surface area contributed by atoms with Crippen LogP contribution in [0, 0.1) is 19.7 Å². The van der Waals surface area contributed by atoms with Crippen molar-refractivity contribution in [3.8, 4) is 5.75 Å². The molecule has 10 rings (SSSR count). The number of aromatic amines is 1. The minimum Gasteiger partial charge on any atom is -0.492 e. The lowest BCUT2D eigenvalue weighted by Crippen LogP contribution is -2.65. The molecule has 8 heterocycles. The zero-order chi connectivity index (χ0) is 62.3. The van der Waals surface area contributed by atoms with E-state index in [9.17, 15) is 27.2 Å². The molecule has 24 heteroatoms. The number of ether oxygens (including phenoxy) is 2. The standard InChI is InChI=1S/C63H84FN15O7S/c1-40-33-76(24-23-75(40)35-47-36-78(60(82)86-61(5,6)7)41(2)34-77(47)37-55(80)79-38-63(11,12)56-51(79)27-45(30-67-56)26-44-14-16-46(64)17-15-44)59(81)50-31-66-54(32-65-50)74-21-19-73(20-22-74)18-13-25-85-52-29-49-48(28-53(52)87(83,84)62(8,9)10)58(69-39-68-49)70-57-42(3)43(4)71-72-57/h14-17,27-32,39-41,47H,13,18-26,33-38H2,1-12H3,(H2,68,69,70,71,72)/t40-,41-,47+/m1/s1. The number of anilines is 4. The fourth-order valence-corrected chi connectivity index (χ4v) is 13.2. The van der Waals surface area contributed by atoms with Crippen molar-refractivity contribution in [2.45, 2.75) is 135 Å². The van der Waals surface area contributed by atoms with Crippen molar-refractivity contribution >= 4 is 61.8 Å². The Bertz CT molecular complexity index is 3600. The number of carbonyl (C=O) groups is 3. The molecule has 0 unspecified atom stereocenters. The SMILES string of the molecule is Cc1[nH]nc(Nc2ncnc3cc(OCCCN4CCN(c5cnc(C(=O)N6CCN(C[C@H]7CN(C(=O)OC(C)(C)C)[C@H](C)CN7CC(=O)N7CC(C)(C)c8ncc(Cc9ccc(F)cc9)cc87)[C@H](C)C6)cn5)CC4)c(S(=O)(=O)C(C)(C)C)cc23)c1C. The predicted molar refractivity (Wildman–Crippen MR) is 332 cm³/mol. The van der Waals surface area contributed by atoms with Gasteiger partial charge in [-0.15, -0.1) is 0 Å². The first-order chi connectivity index (χ1) is 41.1. The van der Waals surface area contributed by atoms with Gasteiger partial charge in [0.05, 0.1) is 47.2 Å². The summed E-state index contributed by atoms with van der Waals surface area (Å²) in [5.74, 6) is 1.44. The Morgan fingerprint density at radius 3 is 2.23 bits per heavy atom. The highest BCUT2D eigenvalue weighted by atomic mass is 32.2. The number of hydrogen-bond acceptors (Lipinski definition) is 18. The largest absolute Gasteiger partial charge is 0.492 e. The van der Waals surface area contributed by atoms with Crippen LogP contribution in [0.2, 0.25) is 0 Å². The highest BCUT2D eigenvalue weighted by Gasteiger charge is 2.44. The molecule has 4 aliphatic heterocycles. The van der Waals surface area contributed by atoms with Crippen LogP contribution in [-0.2, 0) is 31.2 Å². The van der Waals surface area contributed by atoms with Crippen molar-refractivity contribution in [2.75, 3.05) is 107 Å². The first-order valence-electron chi connectivity index (χ1n) is 30.2. The van der Waals surface area contributed by atoms with Crippen molar-refractivity contribution in [2.24, 2.45) is 0 Å². The number of aryl methyl sites for hydroxylation is 1. The Morgan fingerprint density at radius 1 is 0.816 bits per heavy atom. The summed E-state index contributed by atoms with van der Waals surface area (Å²) in [5, 5.41) is 11.1. The fourth-order valence-electron chi connectivity index (χ4n) is 11.9. The number of pyridine rings is 1. The second-order valence-electron chi connectivity index (χ2n) is 26.4. The first-order valence-corrected chi connectivity index (χ1v) is 31.7. The fraction of sp³-hybridized carbons (Fsp3) is 0.540. The summed E-state index contributed by atoms with van der Waals surface area (Å²) < 4.78 is 52.9. The van der Waals surface area contributed by atoms with Crippen LogP contribution in [-0.4, -0.2) is 206 Å². The predicted octanol–water partition coefficient (Wildman–Crippen LogP) is 7.57. The van der Waals surface area contributed by atoms with Gasteiger partial charge in [0.25, 0.3) is 5.91 Å². The minimum absolute atomic E-state index is 0.0451. The summed E-state index contributed by atoms with van der Waals surface area (Å²) in [7, 11) is -3.84. The molecule has 3 saturated heterocycles. The minimum atomic E-state index is -3.84. The quantitative estimate of drug-likeness (QED) is 0.0890. The smallest absolute Gasteiger partial charge is 0.410 e. The van der Waals surface area contributed by atoms with E-state index in [0.717, 1.165) is 53.4 Å². The maximum atomic E-state index is 14.7. The number of halogens is 1. The van der Waals surface area contributed by atoms with Crippen molar-refractivity contribution in [1.82, 2.24) is 59.6 Å². The van der Waals surface area contributed by atoms with E-state index in [2.05, 4.69) is 70.8 Å². The zero-order valence-electron chi connectivity index (χ0n) is 52.4.